The number of thioether (sulfide) groups is 1. The number of halogens is 17. The van der Waals surface area contributed by atoms with Gasteiger partial charge in [0.15, 0.2) is 0 Å². The molecule has 0 bridgehead atoms. The largest absolute Gasteiger partial charge is 0.460 e. The Morgan fingerprint density at radius 3 is 1.50 bits per heavy atom. The van der Waals surface area contributed by atoms with E-state index in [2.05, 4.69) is 5.32 Å². The minimum absolute atomic E-state index is 0.165. The number of nitrogens with one attached hydrogen (secondary N) is 1. The van der Waals surface area contributed by atoms with Crippen LogP contribution in [0.25, 0.3) is 0 Å². The van der Waals surface area contributed by atoms with Gasteiger partial charge in [0.05, 0.1) is 0 Å². The number of alkyl halides is 17. The molecular weight excluding hydrogens is 627 g/mol. The van der Waals surface area contributed by atoms with Crippen molar-refractivity contribution in [3.05, 3.63) is 0 Å². The van der Waals surface area contributed by atoms with E-state index in [0.29, 0.717) is 13.0 Å². The van der Waals surface area contributed by atoms with Gasteiger partial charge in [0.25, 0.3) is 0 Å². The van der Waals surface area contributed by atoms with E-state index in [9.17, 15) is 79.4 Å². The Labute approximate surface area is 220 Å². The summed E-state index contributed by atoms with van der Waals surface area (Å²) >= 11 is 0.204. The maximum atomic E-state index is 13.9. The molecule has 0 aliphatic carbocycles. The second-order valence-electron chi connectivity index (χ2n) is 8.82. The minimum atomic E-state index is -8.63. The van der Waals surface area contributed by atoms with Gasteiger partial charge in [-0.2, -0.15) is 86.4 Å². The van der Waals surface area contributed by atoms with E-state index >= 15 is 0 Å². The van der Waals surface area contributed by atoms with Crippen LogP contribution in [0.3, 0.4) is 0 Å². The Morgan fingerprint density at radius 2 is 1.10 bits per heavy atom. The number of rotatable bonds is 16. The zero-order valence-electron chi connectivity index (χ0n) is 20.5. The lowest BCUT2D eigenvalue weighted by atomic mass is 9.88. The normalized spacial score (nSPS) is 15.9. The first kappa shape index (κ1) is 38.6. The van der Waals surface area contributed by atoms with Gasteiger partial charge in [0.1, 0.15) is 0 Å². The van der Waals surface area contributed by atoms with Gasteiger partial charge in [0.2, 0.25) is 5.91 Å². The van der Waals surface area contributed by atoms with Crippen molar-refractivity contribution < 1.29 is 79.4 Å². The molecule has 0 rings (SSSR count). The van der Waals surface area contributed by atoms with Gasteiger partial charge in [-0.25, -0.2) is 0 Å². The monoisotopic (exact) mass is 650 g/mol. The molecule has 0 aromatic carbocycles. The van der Waals surface area contributed by atoms with Crippen LogP contribution in [0.1, 0.15) is 19.8 Å². The van der Waals surface area contributed by atoms with Crippen molar-refractivity contribution in [3.8, 4) is 0 Å². The summed E-state index contributed by atoms with van der Waals surface area (Å²) in [4.78, 5) is 13.6. The topological polar surface area (TPSA) is 32.3 Å². The predicted octanol–water partition coefficient (Wildman–Crippen LogP) is 6.82. The van der Waals surface area contributed by atoms with Crippen LogP contribution in [0.5, 0.6) is 0 Å². The minimum Gasteiger partial charge on any atom is -0.356 e. The Bertz CT molecular complexity index is 845. The van der Waals surface area contributed by atoms with Crippen LogP contribution in [0, 0.1) is 5.92 Å². The van der Waals surface area contributed by atoms with Gasteiger partial charge >= 0.3 is 47.6 Å². The van der Waals surface area contributed by atoms with Crippen molar-refractivity contribution >= 4 is 17.7 Å². The van der Waals surface area contributed by atoms with Crippen LogP contribution >= 0.6 is 11.8 Å². The molecule has 0 heterocycles. The number of nitrogens with zero attached hydrogens (tertiary/aromatic N) is 1. The van der Waals surface area contributed by atoms with E-state index in [1.54, 1.807) is 19.0 Å². The van der Waals surface area contributed by atoms with Crippen LogP contribution in [-0.2, 0) is 4.79 Å². The molecule has 0 radical (unpaired) electrons. The summed E-state index contributed by atoms with van der Waals surface area (Å²) in [6, 6.07) is 0. The summed E-state index contributed by atoms with van der Waals surface area (Å²) in [5.41, 5.74) is 0. The van der Waals surface area contributed by atoms with Crippen LogP contribution in [0.4, 0.5) is 74.6 Å². The lowest BCUT2D eigenvalue weighted by Gasteiger charge is -2.42. The van der Waals surface area contributed by atoms with Crippen molar-refractivity contribution in [1.29, 1.82) is 0 Å². The molecule has 3 nitrogen and oxygen atoms in total. The van der Waals surface area contributed by atoms with Crippen LogP contribution in [0.15, 0.2) is 0 Å². The molecule has 0 saturated heterocycles. The smallest absolute Gasteiger partial charge is 0.356 e. The second-order valence-corrected chi connectivity index (χ2v) is 9.97. The summed E-state index contributed by atoms with van der Waals surface area (Å²) in [5.74, 6) is -59.7. The highest BCUT2D eigenvalue weighted by Gasteiger charge is 2.95. The van der Waals surface area contributed by atoms with Crippen molar-refractivity contribution in [3.63, 3.8) is 0 Å². The zero-order valence-corrected chi connectivity index (χ0v) is 21.3. The summed E-state index contributed by atoms with van der Waals surface area (Å²) < 4.78 is 225. The van der Waals surface area contributed by atoms with Crippen molar-refractivity contribution in [1.82, 2.24) is 10.2 Å². The zero-order chi connectivity index (χ0) is 32.4. The number of hydrogen-bond acceptors (Lipinski definition) is 3. The first-order valence-electron chi connectivity index (χ1n) is 10.7. The summed E-state index contributed by atoms with van der Waals surface area (Å²) in [7, 11) is 3.45. The Hall–Kier alpha value is -1.41. The fraction of sp³-hybridized carbons (Fsp3) is 0.947. The lowest BCUT2D eigenvalue weighted by molar-refractivity contribution is -0.461. The van der Waals surface area contributed by atoms with E-state index in [-0.39, 0.29) is 18.3 Å². The van der Waals surface area contributed by atoms with Gasteiger partial charge in [-0.05, 0) is 32.8 Å². The van der Waals surface area contributed by atoms with Gasteiger partial charge in [0, 0.05) is 24.6 Å². The Balaban J connectivity index is 5.67. The molecule has 240 valence electrons. The lowest BCUT2D eigenvalue weighted by Crippen LogP contribution is -2.74. The number of carbonyl (C=O) groups is 1. The summed E-state index contributed by atoms with van der Waals surface area (Å²) in [6.07, 6.45) is -9.82. The van der Waals surface area contributed by atoms with Gasteiger partial charge in [-0.15, -0.1) is 0 Å². The molecular formula is C19H23F17N2OS. The summed E-state index contributed by atoms with van der Waals surface area (Å²) in [5, 5.41) is 2.42. The molecule has 0 aromatic heterocycles. The second kappa shape index (κ2) is 12.4. The Morgan fingerprint density at radius 1 is 0.700 bits per heavy atom. The van der Waals surface area contributed by atoms with Gasteiger partial charge in [-0.3, -0.25) is 4.79 Å². The number of carbonyl (C=O) groups excluding carboxylic acids is 1. The number of hydrogen-bond donors (Lipinski definition) is 1. The van der Waals surface area contributed by atoms with E-state index in [0.717, 1.165) is 0 Å². The molecule has 0 aliphatic rings. The number of amides is 1. The van der Waals surface area contributed by atoms with E-state index in [1.165, 1.54) is 6.92 Å². The molecule has 0 spiro atoms. The maximum Gasteiger partial charge on any atom is 0.460 e. The highest BCUT2D eigenvalue weighted by molar-refractivity contribution is 7.99. The van der Waals surface area contributed by atoms with Crippen molar-refractivity contribution in [2.75, 3.05) is 38.7 Å². The quantitative estimate of drug-likeness (QED) is 0.147. The Kier molecular flexibility index (Phi) is 12.0. The van der Waals surface area contributed by atoms with Crippen LogP contribution < -0.4 is 5.32 Å². The average molecular weight is 650 g/mol. The molecule has 1 atom stereocenters. The fourth-order valence-corrected chi connectivity index (χ4v) is 3.74. The third kappa shape index (κ3) is 7.14. The van der Waals surface area contributed by atoms with Crippen LogP contribution in [0.2, 0.25) is 0 Å². The fourth-order valence-electron chi connectivity index (χ4n) is 2.67. The third-order valence-corrected chi connectivity index (χ3v) is 6.47. The molecule has 21 heteroatoms. The van der Waals surface area contributed by atoms with Gasteiger partial charge < -0.3 is 10.2 Å². The molecule has 0 saturated carbocycles. The summed E-state index contributed by atoms with van der Waals surface area (Å²) in [6.45, 7) is 1.94. The molecule has 40 heavy (non-hydrogen) atoms. The highest BCUT2D eigenvalue weighted by Crippen LogP contribution is 2.64. The van der Waals surface area contributed by atoms with Gasteiger partial charge in [-0.1, -0.05) is 6.92 Å². The van der Waals surface area contributed by atoms with E-state index < -0.39 is 77.4 Å². The molecule has 0 fully saturated rings. The predicted molar refractivity (Wildman–Crippen MR) is 108 cm³/mol. The highest BCUT2D eigenvalue weighted by atomic mass is 32.2. The van der Waals surface area contributed by atoms with Crippen molar-refractivity contribution in [2.45, 2.75) is 67.4 Å². The molecule has 1 N–H and O–H groups in total. The third-order valence-electron chi connectivity index (χ3n) is 5.24. The molecule has 1 unspecified atom stereocenters. The first-order chi connectivity index (χ1) is 17.5. The average Bonchev–Trinajstić information content (AvgIpc) is 2.77. The van der Waals surface area contributed by atoms with Crippen LogP contribution in [-0.4, -0.2) is 97.1 Å². The molecule has 0 aromatic rings. The SMILES string of the molecule is CC(CSCCC(F)(F)C(F)(F)C(F)(F)C(F)(F)C(F)(F)C(F)(F)C(F)(F)C(F)(F)F)C(=O)NCCCN(C)C. The molecule has 0 aliphatic heterocycles. The molecule has 1 amide bonds. The standard InChI is InChI=1S/C19H23F17N2OS/c1-10(11(39)37-6-4-7-38(2)3)9-40-8-5-12(20,21)13(22,23)14(24,25)15(26,27)16(28,29)17(30,31)18(32,33)19(34,35)36/h10H,4-9H2,1-3H3,(H,37,39). The maximum absolute atomic E-state index is 13.9. The van der Waals surface area contributed by atoms with E-state index in [4.69, 9.17) is 0 Å². The van der Waals surface area contributed by atoms with Crippen molar-refractivity contribution in [2.24, 2.45) is 5.92 Å². The first-order valence-corrected chi connectivity index (χ1v) is 11.8. The van der Waals surface area contributed by atoms with E-state index in [1.807, 2.05) is 0 Å².